The first-order valence-corrected chi connectivity index (χ1v) is 4.86. The molecule has 0 aliphatic rings. The lowest BCUT2D eigenvalue weighted by molar-refractivity contribution is 1.08. The van der Waals surface area contributed by atoms with E-state index in [-0.39, 0.29) is 0 Å². The average molecular weight is 180 g/mol. The largest absolute Gasteiger partial charge is 0.158 e. The molecule has 2 aromatic heterocycles. The molecule has 0 aliphatic heterocycles. The summed E-state index contributed by atoms with van der Waals surface area (Å²) < 4.78 is 1.22. The normalized spacial score (nSPS) is 9.25. The monoisotopic (exact) mass is 180 g/mol. The molecular weight excluding hydrogens is 168 g/mol. The second-order valence-electron chi connectivity index (χ2n) is 2.14. The predicted octanol–water partition coefficient (Wildman–Crippen LogP) is 3.03. The van der Waals surface area contributed by atoms with E-state index in [1.54, 1.807) is 17.5 Å². The average Bonchev–Trinajstić information content (AvgIpc) is 2.48. The molecule has 0 aliphatic carbocycles. The topological polar surface area (TPSA) is 25.8 Å². The summed E-state index contributed by atoms with van der Waals surface area (Å²) in [5.74, 6) is 0. The first-order chi connectivity index (χ1) is 5.86. The summed E-state index contributed by atoms with van der Waals surface area (Å²) >= 11 is 1.75. The van der Waals surface area contributed by atoms with Crippen molar-refractivity contribution in [1.82, 2.24) is 10.2 Å². The lowest BCUT2D eigenvalue weighted by Gasteiger charge is -1.80. The van der Waals surface area contributed by atoms with Gasteiger partial charge in [0.15, 0.2) is 0 Å². The van der Waals surface area contributed by atoms with Crippen molar-refractivity contribution < 1.29 is 0 Å². The molecule has 0 fully saturated rings. The van der Waals surface area contributed by atoms with Crippen molar-refractivity contribution in [1.29, 1.82) is 0 Å². The van der Waals surface area contributed by atoms with Gasteiger partial charge in [-0.2, -0.15) is 5.10 Å². The van der Waals surface area contributed by atoms with Gasteiger partial charge in [-0.3, -0.25) is 0 Å². The van der Waals surface area contributed by atoms with Crippen molar-refractivity contribution in [2.45, 2.75) is 20.8 Å². The zero-order valence-electron chi connectivity index (χ0n) is 7.53. The molecule has 12 heavy (non-hydrogen) atoms. The third-order valence-corrected chi connectivity index (χ3v) is 2.33. The third-order valence-electron chi connectivity index (χ3n) is 1.32. The quantitative estimate of drug-likeness (QED) is 0.622. The lowest BCUT2D eigenvalue weighted by atomic mass is 10.4. The van der Waals surface area contributed by atoms with Crippen molar-refractivity contribution in [3.63, 3.8) is 0 Å². The van der Waals surface area contributed by atoms with Gasteiger partial charge in [0, 0.05) is 4.88 Å². The molecular formula is C9H12N2S. The fraction of sp³-hybridized carbons (Fsp3) is 0.333. The molecule has 0 saturated carbocycles. The Hall–Kier alpha value is -0.960. The minimum atomic E-state index is 1.00. The summed E-state index contributed by atoms with van der Waals surface area (Å²) in [4.78, 5) is 1.29. The van der Waals surface area contributed by atoms with E-state index in [4.69, 9.17) is 0 Å². The van der Waals surface area contributed by atoms with Gasteiger partial charge in [0.05, 0.1) is 10.9 Å². The molecule has 0 amide bonds. The van der Waals surface area contributed by atoms with Gasteiger partial charge in [0.25, 0.3) is 0 Å². The molecule has 2 nitrogen and oxygen atoms in total. The van der Waals surface area contributed by atoms with Gasteiger partial charge >= 0.3 is 0 Å². The van der Waals surface area contributed by atoms with Crippen molar-refractivity contribution in [3.8, 4) is 0 Å². The first kappa shape index (κ1) is 9.13. The van der Waals surface area contributed by atoms with Crippen LogP contribution in [0.5, 0.6) is 0 Å². The smallest absolute Gasteiger partial charge is 0.104 e. The highest BCUT2D eigenvalue weighted by atomic mass is 32.1. The Labute approximate surface area is 76.3 Å². The van der Waals surface area contributed by atoms with E-state index < -0.39 is 0 Å². The fourth-order valence-corrected chi connectivity index (χ4v) is 1.76. The number of nitrogens with zero attached hydrogens (tertiary/aromatic N) is 2. The van der Waals surface area contributed by atoms with Gasteiger partial charge in [0.1, 0.15) is 5.52 Å². The van der Waals surface area contributed by atoms with Crippen molar-refractivity contribution >= 4 is 21.6 Å². The van der Waals surface area contributed by atoms with Gasteiger partial charge in [-0.05, 0) is 19.1 Å². The van der Waals surface area contributed by atoms with Crippen LogP contribution >= 0.6 is 11.3 Å². The number of hydrogen-bond acceptors (Lipinski definition) is 3. The standard InChI is InChI=1S/C7H6N2S.C2H6/c1-5-4-6-7(10-5)2-3-8-9-6;1-2/h2-4H,1H3;1-2H3. The molecule has 0 bridgehead atoms. The molecule has 3 heteroatoms. The van der Waals surface area contributed by atoms with E-state index >= 15 is 0 Å². The molecule has 2 heterocycles. The molecule has 0 radical (unpaired) electrons. The van der Waals surface area contributed by atoms with Gasteiger partial charge in [0.2, 0.25) is 0 Å². The summed E-state index contributed by atoms with van der Waals surface area (Å²) in [6.45, 7) is 6.08. The molecule has 0 saturated heterocycles. The van der Waals surface area contributed by atoms with E-state index in [9.17, 15) is 0 Å². The Bertz CT molecular complexity index is 321. The molecule has 0 spiro atoms. The summed E-state index contributed by atoms with van der Waals surface area (Å²) in [6, 6.07) is 4.03. The molecule has 0 aromatic carbocycles. The minimum Gasteiger partial charge on any atom is -0.158 e. The fourth-order valence-electron chi connectivity index (χ4n) is 0.913. The zero-order valence-corrected chi connectivity index (χ0v) is 8.35. The summed E-state index contributed by atoms with van der Waals surface area (Å²) in [6.07, 6.45) is 1.72. The van der Waals surface area contributed by atoms with Crippen LogP contribution in [-0.2, 0) is 0 Å². The molecule has 64 valence electrons. The van der Waals surface area contributed by atoms with Gasteiger partial charge < -0.3 is 0 Å². The second-order valence-corrected chi connectivity index (χ2v) is 3.43. The maximum Gasteiger partial charge on any atom is 0.104 e. The van der Waals surface area contributed by atoms with Gasteiger partial charge in [-0.15, -0.1) is 16.4 Å². The van der Waals surface area contributed by atoms with Gasteiger partial charge in [-0.1, -0.05) is 13.8 Å². The molecule has 2 aromatic rings. The summed E-state index contributed by atoms with van der Waals surface area (Å²) in [7, 11) is 0. The summed E-state index contributed by atoms with van der Waals surface area (Å²) in [5.41, 5.74) is 1.00. The zero-order chi connectivity index (χ0) is 8.97. The molecule has 2 rings (SSSR count). The highest BCUT2D eigenvalue weighted by molar-refractivity contribution is 7.18. The first-order valence-electron chi connectivity index (χ1n) is 4.04. The Kier molecular flexibility index (Phi) is 3.17. The van der Waals surface area contributed by atoms with Crippen LogP contribution in [0.15, 0.2) is 18.3 Å². The Morgan fingerprint density at radius 2 is 2.08 bits per heavy atom. The van der Waals surface area contributed by atoms with E-state index in [1.807, 2.05) is 26.0 Å². The number of thiophene rings is 1. The van der Waals surface area contributed by atoms with Crippen molar-refractivity contribution in [2.75, 3.05) is 0 Å². The molecule has 0 unspecified atom stereocenters. The highest BCUT2D eigenvalue weighted by Crippen LogP contribution is 2.21. The van der Waals surface area contributed by atoms with Crippen molar-refractivity contribution in [2.24, 2.45) is 0 Å². The highest BCUT2D eigenvalue weighted by Gasteiger charge is 1.96. The van der Waals surface area contributed by atoms with Crippen LogP contribution in [0.2, 0.25) is 0 Å². The number of aryl methyl sites for hydroxylation is 1. The van der Waals surface area contributed by atoms with Crippen LogP contribution in [0, 0.1) is 6.92 Å². The molecule has 0 N–H and O–H groups in total. The lowest BCUT2D eigenvalue weighted by Crippen LogP contribution is -1.74. The molecule has 0 atom stereocenters. The maximum atomic E-state index is 3.96. The van der Waals surface area contributed by atoms with Crippen LogP contribution < -0.4 is 0 Å². The van der Waals surface area contributed by atoms with E-state index in [2.05, 4.69) is 17.1 Å². The van der Waals surface area contributed by atoms with E-state index in [0.717, 1.165) is 5.52 Å². The second kappa shape index (κ2) is 4.16. The van der Waals surface area contributed by atoms with Crippen LogP contribution in [-0.4, -0.2) is 10.2 Å². The van der Waals surface area contributed by atoms with Crippen LogP contribution in [0.3, 0.4) is 0 Å². The van der Waals surface area contributed by atoms with E-state index in [1.165, 1.54) is 9.58 Å². The van der Waals surface area contributed by atoms with Crippen LogP contribution in [0.4, 0.5) is 0 Å². The number of hydrogen-bond donors (Lipinski definition) is 0. The summed E-state index contributed by atoms with van der Waals surface area (Å²) in [5, 5.41) is 7.75. The van der Waals surface area contributed by atoms with Crippen LogP contribution in [0.1, 0.15) is 18.7 Å². The predicted molar refractivity (Wildman–Crippen MR) is 53.5 cm³/mol. The van der Waals surface area contributed by atoms with Crippen LogP contribution in [0.25, 0.3) is 10.2 Å². The number of aromatic nitrogens is 2. The van der Waals surface area contributed by atoms with Gasteiger partial charge in [-0.25, -0.2) is 0 Å². The third kappa shape index (κ3) is 1.80. The Morgan fingerprint density at radius 3 is 2.75 bits per heavy atom. The SMILES string of the molecule is CC.Cc1cc2nnccc2s1. The number of fused-ring (bicyclic) bond motifs is 1. The van der Waals surface area contributed by atoms with Crippen molar-refractivity contribution in [3.05, 3.63) is 23.2 Å². The Balaban J connectivity index is 0.000000336. The minimum absolute atomic E-state index is 1.00. The maximum absolute atomic E-state index is 3.96. The number of rotatable bonds is 0. The van der Waals surface area contributed by atoms with E-state index in [0.29, 0.717) is 0 Å². The Morgan fingerprint density at radius 1 is 1.33 bits per heavy atom.